The molecule has 4 rings (SSSR count). The summed E-state index contributed by atoms with van der Waals surface area (Å²) < 4.78 is 21.8. The van der Waals surface area contributed by atoms with Crippen LogP contribution in [-0.2, 0) is 18.6 Å². The van der Waals surface area contributed by atoms with Crippen LogP contribution in [0.1, 0.15) is 37.5 Å². The zero-order valence-electron chi connectivity index (χ0n) is 19.1. The average Bonchev–Trinajstić information content (AvgIpc) is 2.80. The zero-order valence-corrected chi connectivity index (χ0v) is 19.1. The summed E-state index contributed by atoms with van der Waals surface area (Å²) in [5.41, 5.74) is 3.84. The van der Waals surface area contributed by atoms with E-state index in [1.165, 1.54) is 24.2 Å². The molecule has 3 aromatic carbocycles. The first-order valence-electron chi connectivity index (χ1n) is 10.9. The molecule has 0 atom stereocenters. The highest BCUT2D eigenvalue weighted by atomic mass is 19.1. The molecule has 4 nitrogen and oxygen atoms in total. The molecule has 0 unspecified atom stereocenters. The van der Waals surface area contributed by atoms with Crippen molar-refractivity contribution in [2.24, 2.45) is 0 Å². The van der Waals surface area contributed by atoms with E-state index in [0.29, 0.717) is 17.7 Å². The largest absolute Gasteiger partial charge is 0.486 e. The SMILES string of the molecule is CC(C)(C)c1ccc(Cn2cncc(-c3ccc(OCc4ccccc4)c(F)c3)c2=O)cc1. The summed E-state index contributed by atoms with van der Waals surface area (Å²) in [6.45, 7) is 7.15. The Kier molecular flexibility index (Phi) is 6.40. The molecule has 0 fully saturated rings. The maximum Gasteiger partial charge on any atom is 0.261 e. The van der Waals surface area contributed by atoms with E-state index in [-0.39, 0.29) is 23.3 Å². The number of ether oxygens (including phenoxy) is 1. The Morgan fingerprint density at radius 3 is 2.33 bits per heavy atom. The Hall–Kier alpha value is -3.73. The van der Waals surface area contributed by atoms with Gasteiger partial charge < -0.3 is 4.74 Å². The van der Waals surface area contributed by atoms with Gasteiger partial charge in [0.05, 0.1) is 18.4 Å². The average molecular weight is 443 g/mol. The highest BCUT2D eigenvalue weighted by Crippen LogP contribution is 2.25. The first kappa shape index (κ1) is 22.5. The molecule has 4 aromatic rings. The Balaban J connectivity index is 1.53. The lowest BCUT2D eigenvalue weighted by Gasteiger charge is -2.19. The van der Waals surface area contributed by atoms with Crippen LogP contribution in [0.3, 0.4) is 0 Å². The maximum atomic E-state index is 14.7. The smallest absolute Gasteiger partial charge is 0.261 e. The van der Waals surface area contributed by atoms with Crippen LogP contribution in [0, 0.1) is 5.82 Å². The summed E-state index contributed by atoms with van der Waals surface area (Å²) in [7, 11) is 0. The highest BCUT2D eigenvalue weighted by molar-refractivity contribution is 5.62. The molecule has 5 heteroatoms. The van der Waals surface area contributed by atoms with Gasteiger partial charge in [-0.05, 0) is 39.8 Å². The first-order valence-corrected chi connectivity index (χ1v) is 10.9. The van der Waals surface area contributed by atoms with Gasteiger partial charge in [0.1, 0.15) is 6.61 Å². The standard InChI is InChI=1S/C28H27FN2O2/c1-28(2,3)23-12-9-20(10-13-23)17-31-19-30-16-24(27(31)32)22-11-14-26(25(29)15-22)33-18-21-7-5-4-6-8-21/h4-16,19H,17-18H2,1-3H3. The van der Waals surface area contributed by atoms with E-state index in [9.17, 15) is 9.18 Å². The lowest BCUT2D eigenvalue weighted by Crippen LogP contribution is -2.22. The predicted molar refractivity (Wildman–Crippen MR) is 129 cm³/mol. The van der Waals surface area contributed by atoms with Crippen molar-refractivity contribution in [1.29, 1.82) is 0 Å². The molecule has 33 heavy (non-hydrogen) atoms. The molecule has 0 radical (unpaired) electrons. The number of nitrogens with zero attached hydrogens (tertiary/aromatic N) is 2. The van der Waals surface area contributed by atoms with Gasteiger partial charge in [0.2, 0.25) is 0 Å². The van der Waals surface area contributed by atoms with Crippen molar-refractivity contribution in [3.8, 4) is 16.9 Å². The van der Waals surface area contributed by atoms with Gasteiger partial charge in [-0.25, -0.2) is 9.37 Å². The molecule has 0 saturated carbocycles. The van der Waals surface area contributed by atoms with Crippen LogP contribution in [0.25, 0.3) is 11.1 Å². The molecule has 0 N–H and O–H groups in total. The minimum atomic E-state index is -0.518. The third kappa shape index (κ3) is 5.37. The monoisotopic (exact) mass is 442 g/mol. The van der Waals surface area contributed by atoms with Crippen LogP contribution in [-0.4, -0.2) is 9.55 Å². The second-order valence-electron chi connectivity index (χ2n) is 9.11. The van der Waals surface area contributed by atoms with Crippen molar-refractivity contribution in [1.82, 2.24) is 9.55 Å². The van der Waals surface area contributed by atoms with Crippen molar-refractivity contribution >= 4 is 0 Å². The van der Waals surface area contributed by atoms with Gasteiger partial charge in [0, 0.05) is 6.20 Å². The van der Waals surface area contributed by atoms with Gasteiger partial charge in [-0.15, -0.1) is 0 Å². The summed E-state index contributed by atoms with van der Waals surface area (Å²) >= 11 is 0. The molecule has 0 spiro atoms. The maximum absolute atomic E-state index is 14.7. The van der Waals surface area contributed by atoms with Crippen LogP contribution in [0.4, 0.5) is 4.39 Å². The molecular weight excluding hydrogens is 415 g/mol. The normalized spacial score (nSPS) is 11.4. The quantitative estimate of drug-likeness (QED) is 0.369. The number of halogens is 1. The fourth-order valence-corrected chi connectivity index (χ4v) is 3.59. The fourth-order valence-electron chi connectivity index (χ4n) is 3.59. The van der Waals surface area contributed by atoms with Gasteiger partial charge in [0.15, 0.2) is 11.6 Å². The van der Waals surface area contributed by atoms with E-state index in [1.807, 2.05) is 42.5 Å². The predicted octanol–water partition coefficient (Wildman–Crippen LogP) is 5.97. The molecule has 0 bridgehead atoms. The lowest BCUT2D eigenvalue weighted by atomic mass is 9.87. The van der Waals surface area contributed by atoms with Gasteiger partial charge in [-0.2, -0.15) is 0 Å². The van der Waals surface area contributed by atoms with Crippen LogP contribution < -0.4 is 10.3 Å². The van der Waals surface area contributed by atoms with Gasteiger partial charge in [-0.1, -0.05) is 81.4 Å². The number of hydrogen-bond acceptors (Lipinski definition) is 3. The number of rotatable bonds is 6. The van der Waals surface area contributed by atoms with Gasteiger partial charge in [-0.3, -0.25) is 9.36 Å². The van der Waals surface area contributed by atoms with Crippen LogP contribution in [0.15, 0.2) is 90.1 Å². The summed E-state index contributed by atoms with van der Waals surface area (Å²) in [4.78, 5) is 17.3. The second kappa shape index (κ2) is 9.41. The molecule has 0 aliphatic heterocycles. The minimum absolute atomic E-state index is 0.0673. The van der Waals surface area contributed by atoms with Crippen LogP contribution >= 0.6 is 0 Å². The third-order valence-corrected chi connectivity index (χ3v) is 5.55. The highest BCUT2D eigenvalue weighted by Gasteiger charge is 2.14. The van der Waals surface area contributed by atoms with E-state index < -0.39 is 5.82 Å². The molecule has 0 aliphatic carbocycles. The van der Waals surface area contributed by atoms with Crippen molar-refractivity contribution < 1.29 is 9.13 Å². The summed E-state index contributed by atoms with van der Waals surface area (Å²) in [5.74, 6) is -0.373. The zero-order chi connectivity index (χ0) is 23.4. The summed E-state index contributed by atoms with van der Waals surface area (Å²) in [6.07, 6.45) is 2.98. The molecule has 0 saturated heterocycles. The molecule has 0 amide bonds. The first-order chi connectivity index (χ1) is 15.8. The summed E-state index contributed by atoms with van der Waals surface area (Å²) in [5, 5.41) is 0. The van der Waals surface area contributed by atoms with E-state index in [1.54, 1.807) is 16.7 Å². The Labute approximate surface area is 193 Å². The van der Waals surface area contributed by atoms with Crippen molar-refractivity contribution in [3.05, 3.63) is 118 Å². The van der Waals surface area contributed by atoms with Gasteiger partial charge >= 0.3 is 0 Å². The van der Waals surface area contributed by atoms with Crippen molar-refractivity contribution in [3.63, 3.8) is 0 Å². The molecule has 1 aromatic heterocycles. The van der Waals surface area contributed by atoms with Crippen LogP contribution in [0.2, 0.25) is 0 Å². The van der Waals surface area contributed by atoms with Crippen LogP contribution in [0.5, 0.6) is 5.75 Å². The lowest BCUT2D eigenvalue weighted by molar-refractivity contribution is 0.290. The van der Waals surface area contributed by atoms with Crippen molar-refractivity contribution in [2.45, 2.75) is 39.3 Å². The third-order valence-electron chi connectivity index (χ3n) is 5.55. The Bertz CT molecular complexity index is 1290. The van der Waals surface area contributed by atoms with E-state index >= 15 is 0 Å². The molecule has 168 valence electrons. The summed E-state index contributed by atoms with van der Waals surface area (Å²) in [6, 6.07) is 22.3. The number of benzene rings is 3. The minimum Gasteiger partial charge on any atom is -0.486 e. The van der Waals surface area contributed by atoms with E-state index in [4.69, 9.17) is 4.74 Å². The fraction of sp³-hybridized carbons (Fsp3) is 0.214. The van der Waals surface area contributed by atoms with E-state index in [2.05, 4.69) is 37.9 Å². The number of aromatic nitrogens is 2. The molecular formula is C28H27FN2O2. The molecule has 0 aliphatic rings. The van der Waals surface area contributed by atoms with E-state index in [0.717, 1.165) is 11.1 Å². The van der Waals surface area contributed by atoms with Gasteiger partial charge in [0.25, 0.3) is 5.56 Å². The topological polar surface area (TPSA) is 44.1 Å². The van der Waals surface area contributed by atoms with Crippen molar-refractivity contribution in [2.75, 3.05) is 0 Å². The number of hydrogen-bond donors (Lipinski definition) is 0. The molecule has 1 heterocycles. The Morgan fingerprint density at radius 2 is 1.67 bits per heavy atom. The Morgan fingerprint density at radius 1 is 0.939 bits per heavy atom. The second-order valence-corrected chi connectivity index (χ2v) is 9.11.